The van der Waals surface area contributed by atoms with Gasteiger partial charge in [0.1, 0.15) is 0 Å². The van der Waals surface area contributed by atoms with Crippen molar-refractivity contribution in [1.82, 2.24) is 0 Å². The molecule has 0 atom stereocenters. The van der Waals surface area contributed by atoms with E-state index < -0.39 is 0 Å². The van der Waals surface area contributed by atoms with Gasteiger partial charge in [0.05, 0.1) is 0 Å². The van der Waals surface area contributed by atoms with Crippen molar-refractivity contribution >= 4 is 0 Å². The average molecular weight is 158 g/mol. The topological polar surface area (TPSA) is 0 Å². The van der Waals surface area contributed by atoms with Crippen LogP contribution in [0.3, 0.4) is 0 Å². The molecule has 0 heterocycles. The van der Waals surface area contributed by atoms with Crippen LogP contribution in [0.15, 0.2) is 34.4 Å². The molecule has 0 heteroatoms. The molecule has 12 heavy (non-hydrogen) atoms. The standard InChI is InChI=1S/C12H14/c1-3-9-7-11-5-2-6-12(11)8-10(9)4-1/h1,3H,2,4-8H2. The summed E-state index contributed by atoms with van der Waals surface area (Å²) in [5, 5.41) is 0. The summed E-state index contributed by atoms with van der Waals surface area (Å²) in [4.78, 5) is 0. The van der Waals surface area contributed by atoms with Gasteiger partial charge in [0, 0.05) is 0 Å². The number of allylic oxidation sites excluding steroid dienone is 6. The SMILES string of the molecule is C1=CC2=C(C1)CC1=C(CCC1)C2. The molecule has 0 aliphatic heterocycles. The summed E-state index contributed by atoms with van der Waals surface area (Å²) in [6.07, 6.45) is 12.7. The Morgan fingerprint density at radius 1 is 0.917 bits per heavy atom. The predicted molar refractivity (Wildman–Crippen MR) is 50.9 cm³/mol. The molecule has 3 aliphatic rings. The summed E-state index contributed by atoms with van der Waals surface area (Å²) in [6, 6.07) is 0. The molecule has 0 aromatic heterocycles. The zero-order valence-corrected chi connectivity index (χ0v) is 7.40. The third kappa shape index (κ3) is 0.841. The molecule has 0 unspecified atom stereocenters. The van der Waals surface area contributed by atoms with Crippen LogP contribution in [0.2, 0.25) is 0 Å². The molecule has 0 aromatic rings. The van der Waals surface area contributed by atoms with E-state index in [2.05, 4.69) is 12.2 Å². The molecule has 0 fully saturated rings. The van der Waals surface area contributed by atoms with Gasteiger partial charge in [0.15, 0.2) is 0 Å². The maximum Gasteiger partial charge on any atom is -0.00646 e. The molecule has 62 valence electrons. The summed E-state index contributed by atoms with van der Waals surface area (Å²) in [6.45, 7) is 0. The first-order chi connectivity index (χ1) is 5.93. The second kappa shape index (κ2) is 2.35. The third-order valence-electron chi connectivity index (χ3n) is 3.43. The Labute approximate surface area is 73.7 Å². The Bertz CT molecular complexity index is 313. The van der Waals surface area contributed by atoms with Crippen LogP contribution in [0.25, 0.3) is 0 Å². The Morgan fingerprint density at radius 2 is 1.75 bits per heavy atom. The van der Waals surface area contributed by atoms with Crippen molar-refractivity contribution in [2.75, 3.05) is 0 Å². The van der Waals surface area contributed by atoms with E-state index in [9.17, 15) is 0 Å². The summed E-state index contributed by atoms with van der Waals surface area (Å²) in [7, 11) is 0. The van der Waals surface area contributed by atoms with Crippen LogP contribution in [0.5, 0.6) is 0 Å². The Kier molecular flexibility index (Phi) is 1.31. The first kappa shape index (κ1) is 6.71. The second-order valence-corrected chi connectivity index (χ2v) is 4.15. The third-order valence-corrected chi connectivity index (χ3v) is 3.43. The Morgan fingerprint density at radius 3 is 2.67 bits per heavy atom. The average Bonchev–Trinajstić information content (AvgIpc) is 2.64. The van der Waals surface area contributed by atoms with Crippen LogP contribution in [0.4, 0.5) is 0 Å². The van der Waals surface area contributed by atoms with Crippen molar-refractivity contribution in [2.45, 2.75) is 38.5 Å². The summed E-state index contributed by atoms with van der Waals surface area (Å²) >= 11 is 0. The lowest BCUT2D eigenvalue weighted by molar-refractivity contribution is 0.878. The normalized spacial score (nSPS) is 26.7. The summed E-state index contributed by atoms with van der Waals surface area (Å²) in [5.41, 5.74) is 6.93. The molecular formula is C12H14. The lowest BCUT2D eigenvalue weighted by Gasteiger charge is -2.16. The van der Waals surface area contributed by atoms with Crippen LogP contribution in [-0.2, 0) is 0 Å². The summed E-state index contributed by atoms with van der Waals surface area (Å²) in [5.74, 6) is 0. The molecule has 3 rings (SSSR count). The van der Waals surface area contributed by atoms with Gasteiger partial charge in [-0.25, -0.2) is 0 Å². The van der Waals surface area contributed by atoms with Gasteiger partial charge in [0.25, 0.3) is 0 Å². The highest BCUT2D eigenvalue weighted by molar-refractivity contribution is 5.45. The predicted octanol–water partition coefficient (Wildman–Crippen LogP) is 3.52. The molecule has 0 aromatic carbocycles. The second-order valence-electron chi connectivity index (χ2n) is 4.15. The summed E-state index contributed by atoms with van der Waals surface area (Å²) < 4.78 is 0. The van der Waals surface area contributed by atoms with Gasteiger partial charge in [-0.2, -0.15) is 0 Å². The molecule has 0 saturated heterocycles. The molecule has 0 radical (unpaired) electrons. The van der Waals surface area contributed by atoms with Crippen LogP contribution >= 0.6 is 0 Å². The Hall–Kier alpha value is -0.780. The zero-order valence-electron chi connectivity index (χ0n) is 7.40. The van der Waals surface area contributed by atoms with E-state index in [1.807, 2.05) is 0 Å². The first-order valence-corrected chi connectivity index (χ1v) is 5.01. The van der Waals surface area contributed by atoms with E-state index in [0.717, 1.165) is 0 Å². The molecule has 0 spiro atoms. The highest BCUT2D eigenvalue weighted by Gasteiger charge is 2.23. The van der Waals surface area contributed by atoms with E-state index in [1.54, 1.807) is 22.3 Å². The first-order valence-electron chi connectivity index (χ1n) is 5.01. The zero-order chi connectivity index (χ0) is 7.97. The van der Waals surface area contributed by atoms with E-state index >= 15 is 0 Å². The largest absolute Gasteiger partial charge is 0.0802 e. The highest BCUT2D eigenvalue weighted by Crippen LogP contribution is 2.42. The molecule has 0 bridgehead atoms. The number of rotatable bonds is 0. The molecule has 0 saturated carbocycles. The van der Waals surface area contributed by atoms with Gasteiger partial charge < -0.3 is 0 Å². The smallest absolute Gasteiger partial charge is 0.00646 e. The fraction of sp³-hybridized carbons (Fsp3) is 0.500. The minimum absolute atomic E-state index is 1.24. The van der Waals surface area contributed by atoms with Crippen LogP contribution < -0.4 is 0 Å². The van der Waals surface area contributed by atoms with Crippen molar-refractivity contribution in [3.05, 3.63) is 34.4 Å². The van der Waals surface area contributed by atoms with Crippen LogP contribution in [-0.4, -0.2) is 0 Å². The lowest BCUT2D eigenvalue weighted by atomic mass is 9.89. The van der Waals surface area contributed by atoms with Crippen molar-refractivity contribution < 1.29 is 0 Å². The van der Waals surface area contributed by atoms with Gasteiger partial charge in [0.2, 0.25) is 0 Å². The van der Waals surface area contributed by atoms with Crippen molar-refractivity contribution in [3.8, 4) is 0 Å². The van der Waals surface area contributed by atoms with E-state index in [1.165, 1.54) is 38.5 Å². The lowest BCUT2D eigenvalue weighted by Crippen LogP contribution is -1.97. The fourth-order valence-corrected chi connectivity index (χ4v) is 2.74. The van der Waals surface area contributed by atoms with Gasteiger partial charge in [-0.15, -0.1) is 0 Å². The van der Waals surface area contributed by atoms with Crippen molar-refractivity contribution in [1.29, 1.82) is 0 Å². The molecule has 0 N–H and O–H groups in total. The van der Waals surface area contributed by atoms with E-state index in [-0.39, 0.29) is 0 Å². The van der Waals surface area contributed by atoms with Gasteiger partial charge >= 0.3 is 0 Å². The van der Waals surface area contributed by atoms with Crippen LogP contribution in [0.1, 0.15) is 38.5 Å². The molecule has 3 aliphatic carbocycles. The van der Waals surface area contributed by atoms with Crippen molar-refractivity contribution in [2.24, 2.45) is 0 Å². The minimum atomic E-state index is 1.24. The van der Waals surface area contributed by atoms with Gasteiger partial charge in [-0.1, -0.05) is 28.9 Å². The maximum absolute atomic E-state index is 2.34. The molecule has 0 amide bonds. The van der Waals surface area contributed by atoms with Crippen LogP contribution in [0, 0.1) is 0 Å². The Balaban J connectivity index is 1.93. The highest BCUT2D eigenvalue weighted by atomic mass is 14.3. The monoisotopic (exact) mass is 158 g/mol. The molecule has 0 nitrogen and oxygen atoms in total. The maximum atomic E-state index is 2.34. The number of hydrogen-bond donors (Lipinski definition) is 0. The van der Waals surface area contributed by atoms with E-state index in [0.29, 0.717) is 0 Å². The van der Waals surface area contributed by atoms with Gasteiger partial charge in [-0.3, -0.25) is 0 Å². The number of hydrogen-bond acceptors (Lipinski definition) is 0. The fourth-order valence-electron chi connectivity index (χ4n) is 2.74. The molecular weight excluding hydrogens is 144 g/mol. The van der Waals surface area contributed by atoms with Gasteiger partial charge in [-0.05, 0) is 44.1 Å². The van der Waals surface area contributed by atoms with E-state index in [4.69, 9.17) is 0 Å². The quantitative estimate of drug-likeness (QED) is 0.473. The minimum Gasteiger partial charge on any atom is -0.0802 e. The van der Waals surface area contributed by atoms with Crippen molar-refractivity contribution in [3.63, 3.8) is 0 Å².